The van der Waals surface area contributed by atoms with Gasteiger partial charge in [0.2, 0.25) is 0 Å². The summed E-state index contributed by atoms with van der Waals surface area (Å²) < 4.78 is 0.545. The Labute approximate surface area is 109 Å². The molecular formula is C10H10Br2O4. The highest BCUT2D eigenvalue weighted by Gasteiger charge is 2.19. The van der Waals surface area contributed by atoms with E-state index in [1.807, 2.05) is 0 Å². The molecule has 0 saturated carbocycles. The van der Waals surface area contributed by atoms with Crippen molar-refractivity contribution < 1.29 is 20.1 Å². The average Bonchev–Trinajstić information content (AvgIpc) is 2.26. The number of aromatic carboxylic acids is 1. The lowest BCUT2D eigenvalue weighted by Gasteiger charge is -2.16. The van der Waals surface area contributed by atoms with Gasteiger partial charge in [0.05, 0.1) is 11.7 Å². The zero-order valence-corrected chi connectivity index (χ0v) is 11.3. The molecule has 0 radical (unpaired) electrons. The third kappa shape index (κ3) is 3.28. The number of aliphatic hydroxyl groups is 2. The minimum Gasteiger partial charge on any atom is -0.478 e. The summed E-state index contributed by atoms with van der Waals surface area (Å²) in [6.07, 6.45) is -2.09. The number of rotatable bonds is 4. The van der Waals surface area contributed by atoms with Gasteiger partial charge in [-0.3, -0.25) is 0 Å². The summed E-state index contributed by atoms with van der Waals surface area (Å²) in [7, 11) is 0. The van der Waals surface area contributed by atoms with E-state index in [1.54, 1.807) is 6.07 Å². The van der Waals surface area contributed by atoms with Crippen LogP contribution in [-0.2, 0) is 0 Å². The van der Waals surface area contributed by atoms with Crippen LogP contribution in [0.15, 0.2) is 22.7 Å². The fourth-order valence-electron chi connectivity index (χ4n) is 1.21. The van der Waals surface area contributed by atoms with Crippen molar-refractivity contribution in [1.29, 1.82) is 0 Å². The molecule has 0 spiro atoms. The second kappa shape index (κ2) is 5.77. The van der Waals surface area contributed by atoms with E-state index in [0.717, 1.165) is 0 Å². The molecule has 2 atom stereocenters. The van der Waals surface area contributed by atoms with Crippen LogP contribution in [0.1, 0.15) is 22.0 Å². The van der Waals surface area contributed by atoms with Gasteiger partial charge >= 0.3 is 5.97 Å². The molecule has 0 aliphatic rings. The molecule has 6 heteroatoms. The molecule has 0 aromatic heterocycles. The molecule has 1 aromatic rings. The number of carboxylic acid groups (broad SMARTS) is 1. The summed E-state index contributed by atoms with van der Waals surface area (Å²) in [5.41, 5.74) is 0.420. The van der Waals surface area contributed by atoms with Gasteiger partial charge in [0.1, 0.15) is 6.10 Å². The van der Waals surface area contributed by atoms with Crippen LogP contribution >= 0.6 is 31.9 Å². The Morgan fingerprint density at radius 1 is 1.31 bits per heavy atom. The normalized spacial score (nSPS) is 14.5. The summed E-state index contributed by atoms with van der Waals surface area (Å²) in [5.74, 6) is -1.08. The van der Waals surface area contributed by atoms with Crippen LogP contribution in [0.5, 0.6) is 0 Å². The Morgan fingerprint density at radius 2 is 1.94 bits per heavy atom. The van der Waals surface area contributed by atoms with E-state index in [2.05, 4.69) is 31.9 Å². The lowest BCUT2D eigenvalue weighted by atomic mass is 10.0. The molecule has 16 heavy (non-hydrogen) atoms. The van der Waals surface area contributed by atoms with Crippen LogP contribution in [0, 0.1) is 0 Å². The number of hydrogen-bond acceptors (Lipinski definition) is 3. The van der Waals surface area contributed by atoms with Crippen LogP contribution in [0.4, 0.5) is 0 Å². The monoisotopic (exact) mass is 352 g/mol. The smallest absolute Gasteiger partial charge is 0.335 e. The number of carboxylic acids is 1. The summed E-state index contributed by atoms with van der Waals surface area (Å²) in [4.78, 5) is 10.8. The third-order valence-electron chi connectivity index (χ3n) is 2.03. The Hall–Kier alpha value is -0.430. The van der Waals surface area contributed by atoms with Gasteiger partial charge in [-0.25, -0.2) is 4.79 Å². The van der Waals surface area contributed by atoms with Gasteiger partial charge in [0.25, 0.3) is 0 Å². The number of halogens is 2. The maximum Gasteiger partial charge on any atom is 0.335 e. The first-order valence-electron chi connectivity index (χ1n) is 4.41. The number of hydrogen-bond donors (Lipinski definition) is 3. The fraction of sp³-hybridized carbons (Fsp3) is 0.300. The standard InChI is InChI=1S/C10H10Br2O4/c11-4-8(13)9(14)5-1-6(10(15)16)3-7(12)2-5/h1-3,8-9,13-14H,4H2,(H,15,16). The number of carbonyl (C=O) groups is 1. The van der Waals surface area contributed by atoms with E-state index >= 15 is 0 Å². The second-order valence-electron chi connectivity index (χ2n) is 3.24. The molecule has 3 N–H and O–H groups in total. The molecule has 0 amide bonds. The Bertz CT molecular complexity index is 394. The van der Waals surface area contributed by atoms with Crippen molar-refractivity contribution in [1.82, 2.24) is 0 Å². The van der Waals surface area contributed by atoms with Gasteiger partial charge in [-0.15, -0.1) is 0 Å². The van der Waals surface area contributed by atoms with Crippen molar-refractivity contribution in [2.45, 2.75) is 12.2 Å². The number of aliphatic hydroxyl groups excluding tert-OH is 2. The van der Waals surface area contributed by atoms with Gasteiger partial charge in [0, 0.05) is 9.80 Å². The number of alkyl halides is 1. The number of benzene rings is 1. The molecule has 0 fully saturated rings. The molecule has 0 saturated heterocycles. The molecule has 1 rings (SSSR count). The molecule has 0 aliphatic carbocycles. The zero-order chi connectivity index (χ0) is 12.3. The molecule has 0 aliphatic heterocycles. The van der Waals surface area contributed by atoms with Crippen molar-refractivity contribution in [2.75, 3.05) is 5.33 Å². The zero-order valence-electron chi connectivity index (χ0n) is 8.10. The third-order valence-corrected chi connectivity index (χ3v) is 3.15. The summed E-state index contributed by atoms with van der Waals surface area (Å²) in [6, 6.07) is 4.34. The first-order valence-corrected chi connectivity index (χ1v) is 6.33. The maximum atomic E-state index is 10.8. The van der Waals surface area contributed by atoms with Crippen molar-refractivity contribution in [3.63, 3.8) is 0 Å². The van der Waals surface area contributed by atoms with Gasteiger partial charge in [0.15, 0.2) is 0 Å². The lowest BCUT2D eigenvalue weighted by molar-refractivity contribution is 0.0341. The minimum absolute atomic E-state index is 0.0604. The second-order valence-corrected chi connectivity index (χ2v) is 4.81. The van der Waals surface area contributed by atoms with Gasteiger partial charge < -0.3 is 15.3 Å². The molecule has 0 heterocycles. The predicted octanol–water partition coefficient (Wildman–Crippen LogP) is 1.94. The van der Waals surface area contributed by atoms with E-state index < -0.39 is 18.2 Å². The average molecular weight is 354 g/mol. The molecule has 1 aromatic carbocycles. The van der Waals surface area contributed by atoms with E-state index in [4.69, 9.17) is 5.11 Å². The quantitative estimate of drug-likeness (QED) is 0.723. The van der Waals surface area contributed by atoms with Crippen molar-refractivity contribution in [3.8, 4) is 0 Å². The molecular weight excluding hydrogens is 344 g/mol. The van der Waals surface area contributed by atoms with E-state index in [0.29, 0.717) is 10.0 Å². The van der Waals surface area contributed by atoms with Gasteiger partial charge in [-0.1, -0.05) is 31.9 Å². The summed E-state index contributed by atoms with van der Waals surface area (Å²) in [6.45, 7) is 0. The Morgan fingerprint density at radius 3 is 2.44 bits per heavy atom. The minimum atomic E-state index is -1.12. The molecule has 4 nitrogen and oxygen atoms in total. The van der Waals surface area contributed by atoms with E-state index in [9.17, 15) is 15.0 Å². The lowest BCUT2D eigenvalue weighted by Crippen LogP contribution is -2.19. The molecule has 88 valence electrons. The van der Waals surface area contributed by atoms with Crippen LogP contribution in [0.25, 0.3) is 0 Å². The van der Waals surface area contributed by atoms with E-state index in [1.165, 1.54) is 12.1 Å². The largest absolute Gasteiger partial charge is 0.478 e. The van der Waals surface area contributed by atoms with E-state index in [-0.39, 0.29) is 10.9 Å². The van der Waals surface area contributed by atoms with Crippen molar-refractivity contribution in [3.05, 3.63) is 33.8 Å². The summed E-state index contributed by atoms with van der Waals surface area (Å²) in [5, 5.41) is 28.2. The maximum absolute atomic E-state index is 10.8. The Kier molecular flexibility index (Phi) is 4.91. The highest BCUT2D eigenvalue weighted by atomic mass is 79.9. The van der Waals surface area contributed by atoms with Crippen molar-refractivity contribution in [2.24, 2.45) is 0 Å². The van der Waals surface area contributed by atoms with Crippen LogP contribution in [0.2, 0.25) is 0 Å². The first kappa shape index (κ1) is 13.6. The highest BCUT2D eigenvalue weighted by Crippen LogP contribution is 2.24. The molecule has 2 unspecified atom stereocenters. The first-order chi connectivity index (χ1) is 7.45. The SMILES string of the molecule is O=C(O)c1cc(Br)cc(C(O)C(O)CBr)c1. The van der Waals surface area contributed by atoms with Crippen molar-refractivity contribution >= 4 is 37.8 Å². The summed E-state index contributed by atoms with van der Waals surface area (Å²) >= 11 is 6.19. The Balaban J connectivity index is 3.09. The van der Waals surface area contributed by atoms with Crippen LogP contribution in [-0.4, -0.2) is 32.7 Å². The van der Waals surface area contributed by atoms with Crippen LogP contribution in [0.3, 0.4) is 0 Å². The predicted molar refractivity (Wildman–Crippen MR) is 65.9 cm³/mol. The topological polar surface area (TPSA) is 77.8 Å². The molecule has 0 bridgehead atoms. The fourth-order valence-corrected chi connectivity index (χ4v) is 2.08. The van der Waals surface area contributed by atoms with Crippen LogP contribution < -0.4 is 0 Å². The van der Waals surface area contributed by atoms with Gasteiger partial charge in [-0.05, 0) is 23.8 Å². The van der Waals surface area contributed by atoms with Gasteiger partial charge in [-0.2, -0.15) is 0 Å². The highest BCUT2D eigenvalue weighted by molar-refractivity contribution is 9.10.